The molecular weight excluding hydrogens is 364 g/mol. The van der Waals surface area contributed by atoms with Gasteiger partial charge in [-0.05, 0) is 29.5 Å². The zero-order valence-corrected chi connectivity index (χ0v) is 16.4. The summed E-state index contributed by atoms with van der Waals surface area (Å²) < 4.78 is 0. The Balaban J connectivity index is 1.92. The van der Waals surface area contributed by atoms with Gasteiger partial charge in [-0.1, -0.05) is 56.3 Å². The molecule has 2 heterocycles. The normalized spacial score (nSPS) is 16.9. The smallest absolute Gasteiger partial charge is 0.294 e. The number of Topliss-reactive ketones (excluding diaryl/α,β-unsaturated/α-hetero) is 1. The topological polar surface area (TPSA) is 70.5 Å². The van der Waals surface area contributed by atoms with E-state index in [2.05, 4.69) is 4.98 Å². The van der Waals surface area contributed by atoms with E-state index in [-0.39, 0.29) is 23.7 Å². The quantitative estimate of drug-likeness (QED) is 0.687. The number of aliphatic hydroxyl groups excluding tert-OH is 1. The molecule has 0 aliphatic carbocycles. The van der Waals surface area contributed by atoms with Gasteiger partial charge in [0.05, 0.1) is 17.0 Å². The van der Waals surface area contributed by atoms with Gasteiger partial charge in [0.1, 0.15) is 6.04 Å². The molecule has 0 saturated heterocycles. The Morgan fingerprint density at radius 2 is 1.79 bits per heavy atom. The molecule has 1 aliphatic heterocycles. The molecule has 2 aromatic carbocycles. The minimum absolute atomic E-state index is 0.105. The molecule has 0 saturated carbocycles. The monoisotopic (exact) mass is 386 g/mol. The summed E-state index contributed by atoms with van der Waals surface area (Å²) in [5.41, 5.74) is 1.31. The zero-order valence-electron chi connectivity index (χ0n) is 16.4. The standard InChI is InChI=1S/C24H22N2O3/c1-15(2)14-20(27)21-22(18-11-5-6-13-25-18)26(24(29)23(21)28)19-12-7-9-16-8-3-4-10-17(16)19/h3-13,15,22,28H,14H2,1-2H3. The number of nitrogens with zero attached hydrogens (tertiary/aromatic N) is 2. The van der Waals surface area contributed by atoms with Crippen molar-refractivity contribution in [2.75, 3.05) is 4.90 Å². The maximum Gasteiger partial charge on any atom is 0.294 e. The third kappa shape index (κ3) is 3.29. The summed E-state index contributed by atoms with van der Waals surface area (Å²) in [4.78, 5) is 32.1. The van der Waals surface area contributed by atoms with Crippen molar-refractivity contribution in [3.8, 4) is 0 Å². The number of fused-ring (bicyclic) bond motifs is 1. The van der Waals surface area contributed by atoms with Gasteiger partial charge in [0.25, 0.3) is 5.91 Å². The Bertz CT molecular complexity index is 1110. The average molecular weight is 386 g/mol. The van der Waals surface area contributed by atoms with E-state index in [1.165, 1.54) is 4.90 Å². The van der Waals surface area contributed by atoms with Crippen molar-refractivity contribution >= 4 is 28.2 Å². The Morgan fingerprint density at radius 1 is 1.07 bits per heavy atom. The Morgan fingerprint density at radius 3 is 2.52 bits per heavy atom. The predicted molar refractivity (Wildman–Crippen MR) is 113 cm³/mol. The van der Waals surface area contributed by atoms with Crippen LogP contribution in [-0.4, -0.2) is 21.8 Å². The number of aliphatic hydroxyl groups is 1. The van der Waals surface area contributed by atoms with Gasteiger partial charge in [0.2, 0.25) is 0 Å². The van der Waals surface area contributed by atoms with Gasteiger partial charge in [0.15, 0.2) is 11.5 Å². The first-order valence-corrected chi connectivity index (χ1v) is 9.67. The van der Waals surface area contributed by atoms with Crippen LogP contribution in [0.3, 0.4) is 0 Å². The number of carbonyl (C=O) groups excluding carboxylic acids is 2. The third-order valence-electron chi connectivity index (χ3n) is 5.10. The predicted octanol–water partition coefficient (Wildman–Crippen LogP) is 4.75. The minimum atomic E-state index is -0.763. The van der Waals surface area contributed by atoms with Gasteiger partial charge in [-0.3, -0.25) is 19.5 Å². The van der Waals surface area contributed by atoms with Crippen LogP contribution in [0.5, 0.6) is 0 Å². The summed E-state index contributed by atoms with van der Waals surface area (Å²) in [6.45, 7) is 3.87. The molecule has 3 aromatic rings. The molecule has 5 nitrogen and oxygen atoms in total. The molecule has 0 bridgehead atoms. The van der Waals surface area contributed by atoms with Crippen molar-refractivity contribution in [1.82, 2.24) is 4.98 Å². The Labute approximate surface area is 169 Å². The molecule has 4 rings (SSSR count). The number of hydrogen-bond acceptors (Lipinski definition) is 4. The van der Waals surface area contributed by atoms with Crippen molar-refractivity contribution in [3.63, 3.8) is 0 Å². The van der Waals surface area contributed by atoms with Gasteiger partial charge in [-0.25, -0.2) is 0 Å². The number of benzene rings is 2. The highest BCUT2D eigenvalue weighted by atomic mass is 16.3. The molecule has 1 atom stereocenters. The molecule has 1 aromatic heterocycles. The summed E-state index contributed by atoms with van der Waals surface area (Å²) in [6.07, 6.45) is 1.88. The van der Waals surface area contributed by atoms with Crippen molar-refractivity contribution in [1.29, 1.82) is 0 Å². The molecule has 1 aliphatic rings. The average Bonchev–Trinajstić information content (AvgIpc) is 2.98. The molecule has 0 fully saturated rings. The number of ketones is 1. The molecule has 146 valence electrons. The minimum Gasteiger partial charge on any atom is -0.503 e. The lowest BCUT2D eigenvalue weighted by molar-refractivity contribution is -0.118. The number of rotatable bonds is 5. The lowest BCUT2D eigenvalue weighted by Crippen LogP contribution is -2.31. The lowest BCUT2D eigenvalue weighted by atomic mass is 9.94. The van der Waals surface area contributed by atoms with Gasteiger partial charge in [0, 0.05) is 18.0 Å². The van der Waals surface area contributed by atoms with Crippen LogP contribution in [0.4, 0.5) is 5.69 Å². The Kier molecular flexibility index (Phi) is 4.89. The molecule has 0 spiro atoms. The summed E-state index contributed by atoms with van der Waals surface area (Å²) in [5.74, 6) is -1.19. The highest BCUT2D eigenvalue weighted by molar-refractivity contribution is 6.18. The van der Waals surface area contributed by atoms with Crippen molar-refractivity contribution in [3.05, 3.63) is 83.9 Å². The first kappa shape index (κ1) is 18.9. The summed E-state index contributed by atoms with van der Waals surface area (Å²) in [6, 6.07) is 18.0. The van der Waals surface area contributed by atoms with E-state index in [9.17, 15) is 14.7 Å². The first-order valence-electron chi connectivity index (χ1n) is 9.67. The van der Waals surface area contributed by atoms with Crippen LogP contribution in [0.1, 0.15) is 32.0 Å². The number of anilines is 1. The molecule has 29 heavy (non-hydrogen) atoms. The van der Waals surface area contributed by atoms with Gasteiger partial charge in [-0.15, -0.1) is 0 Å². The summed E-state index contributed by atoms with van der Waals surface area (Å²) in [7, 11) is 0. The molecule has 1 amide bonds. The second-order valence-electron chi connectivity index (χ2n) is 7.61. The number of carbonyl (C=O) groups is 2. The fourth-order valence-electron chi connectivity index (χ4n) is 3.86. The molecular formula is C24H22N2O3. The zero-order chi connectivity index (χ0) is 20.5. The van der Waals surface area contributed by atoms with Crippen LogP contribution in [-0.2, 0) is 9.59 Å². The van der Waals surface area contributed by atoms with Crippen LogP contribution in [0.2, 0.25) is 0 Å². The van der Waals surface area contributed by atoms with Crippen molar-refractivity contribution in [2.24, 2.45) is 5.92 Å². The molecule has 5 heteroatoms. The van der Waals surface area contributed by atoms with E-state index in [4.69, 9.17) is 0 Å². The maximum absolute atomic E-state index is 13.2. The van der Waals surface area contributed by atoms with Crippen LogP contribution < -0.4 is 4.90 Å². The number of hydrogen-bond donors (Lipinski definition) is 1. The number of aromatic nitrogens is 1. The van der Waals surface area contributed by atoms with E-state index in [0.29, 0.717) is 11.4 Å². The van der Waals surface area contributed by atoms with E-state index >= 15 is 0 Å². The molecule has 0 radical (unpaired) electrons. The largest absolute Gasteiger partial charge is 0.503 e. The highest BCUT2D eigenvalue weighted by Crippen LogP contribution is 2.43. The van der Waals surface area contributed by atoms with Crippen LogP contribution >= 0.6 is 0 Å². The SMILES string of the molecule is CC(C)CC(=O)C1=C(O)C(=O)N(c2cccc3ccccc23)C1c1ccccn1. The lowest BCUT2D eigenvalue weighted by Gasteiger charge is -2.27. The molecule has 1 N–H and O–H groups in total. The summed E-state index contributed by atoms with van der Waals surface area (Å²) >= 11 is 0. The molecule has 1 unspecified atom stereocenters. The van der Waals surface area contributed by atoms with Gasteiger partial charge in [-0.2, -0.15) is 0 Å². The second-order valence-corrected chi connectivity index (χ2v) is 7.61. The Hall–Kier alpha value is -3.47. The van der Waals surface area contributed by atoms with E-state index < -0.39 is 17.7 Å². The van der Waals surface area contributed by atoms with Crippen LogP contribution in [0, 0.1) is 5.92 Å². The fraction of sp³-hybridized carbons (Fsp3) is 0.208. The first-order chi connectivity index (χ1) is 14.0. The van der Waals surface area contributed by atoms with Crippen LogP contribution in [0.15, 0.2) is 78.2 Å². The summed E-state index contributed by atoms with van der Waals surface area (Å²) in [5, 5.41) is 12.6. The van der Waals surface area contributed by atoms with E-state index in [1.807, 2.05) is 62.4 Å². The highest BCUT2D eigenvalue weighted by Gasteiger charge is 2.45. The van der Waals surface area contributed by atoms with E-state index in [0.717, 1.165) is 10.8 Å². The van der Waals surface area contributed by atoms with Gasteiger partial charge < -0.3 is 5.11 Å². The second kappa shape index (κ2) is 7.51. The number of amides is 1. The van der Waals surface area contributed by atoms with Gasteiger partial charge >= 0.3 is 0 Å². The third-order valence-corrected chi connectivity index (χ3v) is 5.10. The maximum atomic E-state index is 13.2. The van der Waals surface area contributed by atoms with E-state index in [1.54, 1.807) is 18.3 Å². The van der Waals surface area contributed by atoms with Crippen molar-refractivity contribution in [2.45, 2.75) is 26.3 Å². The van der Waals surface area contributed by atoms with Crippen LogP contribution in [0.25, 0.3) is 10.8 Å². The number of pyridine rings is 1. The fourth-order valence-corrected chi connectivity index (χ4v) is 3.86. The van der Waals surface area contributed by atoms with Crippen molar-refractivity contribution < 1.29 is 14.7 Å².